The Kier molecular flexibility index (Phi) is 6.45. The van der Waals surface area contributed by atoms with Gasteiger partial charge in [-0.2, -0.15) is 0 Å². The lowest BCUT2D eigenvalue weighted by Gasteiger charge is -2.29. The Hall–Kier alpha value is -1.76. The normalized spacial score (nSPS) is 12.6. The van der Waals surface area contributed by atoms with Crippen LogP contribution in [0.3, 0.4) is 0 Å². The molecule has 0 spiro atoms. The molecular weight excluding hydrogens is 407 g/mol. The first-order valence-electron chi connectivity index (χ1n) is 8.24. The SMILES string of the molecule is Cc1cc(C)c(NC(=O)[C@H](C)N(c2cc(Cl)cc(Cl)c2)S(C)(=O)=O)c(C)c1. The van der Waals surface area contributed by atoms with Crippen LogP contribution in [-0.4, -0.2) is 26.6 Å². The van der Waals surface area contributed by atoms with Crippen LogP contribution >= 0.6 is 23.2 Å². The predicted octanol–water partition coefficient (Wildman–Crippen LogP) is 4.71. The van der Waals surface area contributed by atoms with Crippen molar-refractivity contribution >= 4 is 50.5 Å². The van der Waals surface area contributed by atoms with Crippen molar-refractivity contribution in [1.29, 1.82) is 0 Å². The second-order valence-corrected chi connectivity index (χ2v) is 9.36. The van der Waals surface area contributed by atoms with E-state index in [0.29, 0.717) is 5.69 Å². The monoisotopic (exact) mass is 428 g/mol. The molecule has 0 aliphatic carbocycles. The Morgan fingerprint density at radius 2 is 1.48 bits per heavy atom. The predicted molar refractivity (Wildman–Crippen MR) is 113 cm³/mol. The number of hydrogen-bond donors (Lipinski definition) is 1. The van der Waals surface area contributed by atoms with Crippen LogP contribution in [0, 0.1) is 20.8 Å². The van der Waals surface area contributed by atoms with E-state index in [1.165, 1.54) is 25.1 Å². The lowest BCUT2D eigenvalue weighted by atomic mass is 10.0. The van der Waals surface area contributed by atoms with Gasteiger partial charge in [0.25, 0.3) is 0 Å². The highest BCUT2D eigenvalue weighted by atomic mass is 35.5. The molecule has 0 saturated carbocycles. The quantitative estimate of drug-likeness (QED) is 0.749. The molecule has 146 valence electrons. The molecular formula is C19H22Cl2N2O3S. The second-order valence-electron chi connectivity index (χ2n) is 6.63. The molecule has 0 saturated heterocycles. The number of hydrogen-bond acceptors (Lipinski definition) is 3. The molecule has 2 aromatic rings. The highest BCUT2D eigenvalue weighted by molar-refractivity contribution is 7.92. The topological polar surface area (TPSA) is 66.5 Å². The van der Waals surface area contributed by atoms with Crippen LogP contribution in [-0.2, 0) is 14.8 Å². The molecule has 8 heteroatoms. The number of halogens is 2. The molecule has 0 fully saturated rings. The maximum absolute atomic E-state index is 12.8. The van der Waals surface area contributed by atoms with Crippen molar-refractivity contribution in [2.75, 3.05) is 15.9 Å². The molecule has 2 aromatic carbocycles. The second kappa shape index (κ2) is 8.09. The maximum Gasteiger partial charge on any atom is 0.248 e. The van der Waals surface area contributed by atoms with E-state index in [0.717, 1.165) is 27.3 Å². The maximum atomic E-state index is 12.8. The molecule has 2 rings (SSSR count). The average Bonchev–Trinajstić information content (AvgIpc) is 2.48. The number of amides is 1. The summed E-state index contributed by atoms with van der Waals surface area (Å²) in [6.45, 7) is 7.28. The van der Waals surface area contributed by atoms with Crippen molar-refractivity contribution in [3.8, 4) is 0 Å². The first-order valence-corrected chi connectivity index (χ1v) is 10.8. The summed E-state index contributed by atoms with van der Waals surface area (Å²) in [6.07, 6.45) is 1.04. The van der Waals surface area contributed by atoms with Crippen LogP contribution in [0.4, 0.5) is 11.4 Å². The van der Waals surface area contributed by atoms with Crippen molar-refractivity contribution in [3.63, 3.8) is 0 Å². The van der Waals surface area contributed by atoms with Gasteiger partial charge >= 0.3 is 0 Å². The molecule has 0 radical (unpaired) electrons. The van der Waals surface area contributed by atoms with Gasteiger partial charge in [0, 0.05) is 15.7 Å². The Labute approximate surface area is 170 Å². The lowest BCUT2D eigenvalue weighted by Crippen LogP contribution is -2.45. The highest BCUT2D eigenvalue weighted by Gasteiger charge is 2.30. The van der Waals surface area contributed by atoms with Crippen LogP contribution < -0.4 is 9.62 Å². The Morgan fingerprint density at radius 1 is 1.00 bits per heavy atom. The number of anilines is 2. The van der Waals surface area contributed by atoms with Crippen molar-refractivity contribution < 1.29 is 13.2 Å². The van der Waals surface area contributed by atoms with E-state index in [1.807, 2.05) is 32.9 Å². The minimum Gasteiger partial charge on any atom is -0.324 e. The van der Waals surface area contributed by atoms with Gasteiger partial charge in [-0.15, -0.1) is 0 Å². The molecule has 1 amide bonds. The van der Waals surface area contributed by atoms with Crippen molar-refractivity contribution in [2.45, 2.75) is 33.7 Å². The van der Waals surface area contributed by atoms with Gasteiger partial charge in [0.1, 0.15) is 6.04 Å². The summed E-state index contributed by atoms with van der Waals surface area (Å²) >= 11 is 12.0. The molecule has 1 atom stereocenters. The summed E-state index contributed by atoms with van der Waals surface area (Å²) < 4.78 is 25.8. The van der Waals surface area contributed by atoms with Gasteiger partial charge in [-0.3, -0.25) is 9.10 Å². The minimum absolute atomic E-state index is 0.231. The van der Waals surface area contributed by atoms with E-state index in [9.17, 15) is 13.2 Å². The van der Waals surface area contributed by atoms with Gasteiger partial charge in [-0.05, 0) is 57.0 Å². The third-order valence-corrected chi connectivity index (χ3v) is 5.79. The number of carbonyl (C=O) groups is 1. The van der Waals surface area contributed by atoms with Gasteiger partial charge in [0.15, 0.2) is 0 Å². The fourth-order valence-corrected chi connectivity index (χ4v) is 4.75. The van der Waals surface area contributed by atoms with Crippen molar-refractivity contribution in [1.82, 2.24) is 0 Å². The third-order valence-electron chi connectivity index (χ3n) is 4.12. The van der Waals surface area contributed by atoms with Crippen molar-refractivity contribution in [2.24, 2.45) is 0 Å². The zero-order valence-corrected chi connectivity index (χ0v) is 18.1. The fraction of sp³-hybridized carbons (Fsp3) is 0.316. The Morgan fingerprint density at radius 3 is 1.93 bits per heavy atom. The molecule has 0 unspecified atom stereocenters. The summed E-state index contributed by atoms with van der Waals surface area (Å²) in [7, 11) is -3.76. The molecule has 0 aliphatic rings. The molecule has 0 heterocycles. The van der Waals surface area contributed by atoms with Gasteiger partial charge in [-0.25, -0.2) is 8.42 Å². The summed E-state index contributed by atoms with van der Waals surface area (Å²) in [4.78, 5) is 12.8. The first-order chi connectivity index (χ1) is 12.4. The molecule has 5 nitrogen and oxygen atoms in total. The van der Waals surface area contributed by atoms with Gasteiger partial charge < -0.3 is 5.32 Å². The summed E-state index contributed by atoms with van der Waals surface area (Å²) in [5.41, 5.74) is 3.81. The van der Waals surface area contributed by atoms with Gasteiger partial charge in [0.2, 0.25) is 15.9 Å². The van der Waals surface area contributed by atoms with Crippen LogP contribution in [0.1, 0.15) is 23.6 Å². The number of rotatable bonds is 5. The van der Waals surface area contributed by atoms with Crippen LogP contribution in [0.15, 0.2) is 30.3 Å². The largest absolute Gasteiger partial charge is 0.324 e. The Bertz CT molecular complexity index is 947. The molecule has 0 aromatic heterocycles. The first kappa shape index (κ1) is 21.5. The van der Waals surface area contributed by atoms with Gasteiger partial charge in [-0.1, -0.05) is 40.9 Å². The summed E-state index contributed by atoms with van der Waals surface area (Å²) in [5.74, 6) is -0.452. The van der Waals surface area contributed by atoms with Crippen LogP contribution in [0.5, 0.6) is 0 Å². The van der Waals surface area contributed by atoms with E-state index >= 15 is 0 Å². The number of carbonyl (C=O) groups excluding carboxylic acids is 1. The van der Waals surface area contributed by atoms with Crippen molar-refractivity contribution in [3.05, 3.63) is 57.1 Å². The van der Waals surface area contributed by atoms with Crippen LogP contribution in [0.2, 0.25) is 10.0 Å². The smallest absolute Gasteiger partial charge is 0.248 e. The zero-order chi connectivity index (χ0) is 20.5. The summed E-state index contributed by atoms with van der Waals surface area (Å²) in [5, 5.41) is 3.41. The standard InChI is InChI=1S/C19H22Cl2N2O3S/c1-11-6-12(2)18(13(3)7-11)22-19(24)14(4)23(27(5,25)26)17-9-15(20)8-16(21)10-17/h6-10,14H,1-5H3,(H,22,24)/t14-/m0/s1. The fourth-order valence-electron chi connectivity index (χ4n) is 3.08. The average molecular weight is 429 g/mol. The van der Waals surface area contributed by atoms with E-state index < -0.39 is 22.0 Å². The van der Waals surface area contributed by atoms with Crippen LogP contribution in [0.25, 0.3) is 0 Å². The van der Waals surface area contributed by atoms with E-state index in [1.54, 1.807) is 0 Å². The molecule has 0 bridgehead atoms. The van der Waals surface area contributed by atoms with Gasteiger partial charge in [0.05, 0.1) is 11.9 Å². The zero-order valence-electron chi connectivity index (χ0n) is 15.8. The van der Waals surface area contributed by atoms with E-state index in [4.69, 9.17) is 23.2 Å². The number of benzene rings is 2. The molecule has 0 aliphatic heterocycles. The minimum atomic E-state index is -3.76. The highest BCUT2D eigenvalue weighted by Crippen LogP contribution is 2.29. The third kappa shape index (κ3) is 5.15. The van der Waals surface area contributed by atoms with E-state index in [2.05, 4.69) is 5.32 Å². The number of nitrogens with zero attached hydrogens (tertiary/aromatic N) is 1. The number of aryl methyl sites for hydroxylation is 3. The Balaban J connectivity index is 2.42. The molecule has 27 heavy (non-hydrogen) atoms. The van der Waals surface area contributed by atoms with E-state index in [-0.39, 0.29) is 15.7 Å². The summed E-state index contributed by atoms with van der Waals surface area (Å²) in [6, 6.07) is 7.32. The molecule has 1 N–H and O–H groups in total. The number of sulfonamides is 1. The number of nitrogens with one attached hydrogen (secondary N) is 1. The lowest BCUT2D eigenvalue weighted by molar-refractivity contribution is -0.116.